The maximum Gasteiger partial charge on any atom is 0.241 e. The zero-order valence-corrected chi connectivity index (χ0v) is 20.9. The van der Waals surface area contributed by atoms with Crippen LogP contribution in [0.15, 0.2) is 53.1 Å². The summed E-state index contributed by atoms with van der Waals surface area (Å²) in [7, 11) is 0. The van der Waals surface area contributed by atoms with Crippen molar-refractivity contribution >= 4 is 17.3 Å². The first-order chi connectivity index (χ1) is 17.6. The lowest BCUT2D eigenvalue weighted by atomic mass is 10.1. The number of rotatable bonds is 8. The highest BCUT2D eigenvalue weighted by atomic mass is 16.5. The molecule has 5 rings (SSSR count). The van der Waals surface area contributed by atoms with E-state index in [0.29, 0.717) is 24.7 Å². The number of morpholine rings is 1. The highest BCUT2D eigenvalue weighted by Gasteiger charge is 2.20. The second-order valence-electron chi connectivity index (χ2n) is 9.44. The van der Waals surface area contributed by atoms with Gasteiger partial charge in [0.1, 0.15) is 0 Å². The van der Waals surface area contributed by atoms with Gasteiger partial charge in [0.15, 0.2) is 0 Å². The number of carbonyl (C=O) groups is 1. The fourth-order valence-corrected chi connectivity index (χ4v) is 4.56. The summed E-state index contributed by atoms with van der Waals surface area (Å²) in [5, 5.41) is 7.16. The summed E-state index contributed by atoms with van der Waals surface area (Å²) in [6, 6.07) is 16.2. The van der Waals surface area contributed by atoms with Crippen LogP contribution in [0.5, 0.6) is 0 Å². The number of ether oxygens (including phenoxy) is 1. The smallest absolute Gasteiger partial charge is 0.241 e. The SMILES string of the molecule is Cc1ccc(-c2noc(CN3CCN(CCC(=O)Nc4ccc(N5CCOCC5)cc4)CC3)n2)cc1. The van der Waals surface area contributed by atoms with Gasteiger partial charge in [0, 0.05) is 69.2 Å². The minimum Gasteiger partial charge on any atom is -0.378 e. The molecule has 0 unspecified atom stereocenters. The number of nitrogens with one attached hydrogen (secondary N) is 1. The molecule has 2 fully saturated rings. The second kappa shape index (κ2) is 11.6. The molecule has 2 aromatic carbocycles. The molecule has 0 radical (unpaired) electrons. The summed E-state index contributed by atoms with van der Waals surface area (Å²) in [5.74, 6) is 1.31. The molecule has 3 heterocycles. The van der Waals surface area contributed by atoms with Gasteiger partial charge in [-0.15, -0.1) is 0 Å². The minimum atomic E-state index is 0.0473. The predicted octanol–water partition coefficient (Wildman–Crippen LogP) is 3.03. The lowest BCUT2D eigenvalue weighted by Crippen LogP contribution is -2.46. The lowest BCUT2D eigenvalue weighted by Gasteiger charge is -2.33. The highest BCUT2D eigenvalue weighted by molar-refractivity contribution is 5.91. The van der Waals surface area contributed by atoms with Crippen molar-refractivity contribution < 1.29 is 14.1 Å². The van der Waals surface area contributed by atoms with E-state index in [2.05, 4.69) is 49.2 Å². The average Bonchev–Trinajstić information content (AvgIpc) is 3.38. The fraction of sp³-hybridized carbons (Fsp3) is 0.444. The standard InChI is InChI=1S/C27H34N6O3/c1-21-2-4-22(5-3-21)27-29-26(36-30-27)20-32-14-12-31(13-15-32)11-10-25(34)28-23-6-8-24(9-7-23)33-16-18-35-19-17-33/h2-9H,10-20H2,1H3,(H,28,34). The Bertz CT molecular complexity index is 1120. The van der Waals surface area contributed by atoms with Gasteiger partial charge in [-0.25, -0.2) is 0 Å². The van der Waals surface area contributed by atoms with Gasteiger partial charge >= 0.3 is 0 Å². The van der Waals surface area contributed by atoms with E-state index in [-0.39, 0.29) is 5.91 Å². The van der Waals surface area contributed by atoms with Gasteiger partial charge in [-0.3, -0.25) is 9.69 Å². The van der Waals surface area contributed by atoms with Crippen LogP contribution in [0.2, 0.25) is 0 Å². The number of nitrogens with zero attached hydrogens (tertiary/aromatic N) is 5. The highest BCUT2D eigenvalue weighted by Crippen LogP contribution is 2.20. The molecule has 1 N–H and O–H groups in total. The number of aromatic nitrogens is 2. The van der Waals surface area contributed by atoms with E-state index in [9.17, 15) is 4.79 Å². The van der Waals surface area contributed by atoms with Gasteiger partial charge in [-0.05, 0) is 31.2 Å². The third-order valence-corrected chi connectivity index (χ3v) is 6.78. The Labute approximate surface area is 212 Å². The summed E-state index contributed by atoms with van der Waals surface area (Å²) in [5.41, 5.74) is 4.18. The molecule has 3 aromatic rings. The van der Waals surface area contributed by atoms with Crippen LogP contribution in [0.3, 0.4) is 0 Å². The van der Waals surface area contributed by atoms with Crippen molar-refractivity contribution in [2.75, 3.05) is 69.2 Å². The number of piperazine rings is 1. The van der Waals surface area contributed by atoms with Crippen molar-refractivity contribution in [3.05, 3.63) is 60.0 Å². The quantitative estimate of drug-likeness (QED) is 0.516. The van der Waals surface area contributed by atoms with E-state index in [1.807, 2.05) is 36.4 Å². The summed E-state index contributed by atoms with van der Waals surface area (Å²) in [4.78, 5) is 24.0. The number of anilines is 2. The molecule has 36 heavy (non-hydrogen) atoms. The first kappa shape index (κ1) is 24.4. The van der Waals surface area contributed by atoms with Gasteiger partial charge in [0.2, 0.25) is 17.6 Å². The Morgan fingerprint density at radius 2 is 1.61 bits per heavy atom. The molecular formula is C27H34N6O3. The molecule has 190 valence electrons. The van der Waals surface area contributed by atoms with Crippen LogP contribution < -0.4 is 10.2 Å². The molecule has 1 aromatic heterocycles. The number of aryl methyl sites for hydroxylation is 1. The second-order valence-corrected chi connectivity index (χ2v) is 9.44. The number of amides is 1. The fourth-order valence-electron chi connectivity index (χ4n) is 4.56. The lowest BCUT2D eigenvalue weighted by molar-refractivity contribution is -0.116. The van der Waals surface area contributed by atoms with Crippen LogP contribution in [-0.4, -0.2) is 84.9 Å². The summed E-state index contributed by atoms with van der Waals surface area (Å²) in [6.07, 6.45) is 0.481. The molecule has 9 heteroatoms. The van der Waals surface area contributed by atoms with Gasteiger partial charge in [0.25, 0.3) is 0 Å². The first-order valence-corrected chi connectivity index (χ1v) is 12.7. The largest absolute Gasteiger partial charge is 0.378 e. The van der Waals surface area contributed by atoms with Crippen molar-refractivity contribution in [2.24, 2.45) is 0 Å². The van der Waals surface area contributed by atoms with Crippen molar-refractivity contribution in [1.82, 2.24) is 19.9 Å². The van der Waals surface area contributed by atoms with Gasteiger partial charge in [0.05, 0.1) is 19.8 Å². The third kappa shape index (κ3) is 6.48. The maximum absolute atomic E-state index is 12.5. The van der Waals surface area contributed by atoms with Crippen LogP contribution in [0.25, 0.3) is 11.4 Å². The monoisotopic (exact) mass is 490 g/mol. The molecule has 0 spiro atoms. The van der Waals surface area contributed by atoms with Crippen molar-refractivity contribution in [1.29, 1.82) is 0 Å². The van der Waals surface area contributed by atoms with E-state index in [0.717, 1.165) is 70.3 Å². The van der Waals surface area contributed by atoms with E-state index in [1.54, 1.807) is 0 Å². The van der Waals surface area contributed by atoms with Gasteiger partial charge in [-0.2, -0.15) is 4.98 Å². The van der Waals surface area contributed by atoms with Crippen LogP contribution in [0, 0.1) is 6.92 Å². The number of carbonyl (C=O) groups excluding carboxylic acids is 1. The van der Waals surface area contributed by atoms with E-state index >= 15 is 0 Å². The number of hydrogen-bond acceptors (Lipinski definition) is 8. The third-order valence-electron chi connectivity index (χ3n) is 6.78. The van der Waals surface area contributed by atoms with Crippen LogP contribution in [0.4, 0.5) is 11.4 Å². The van der Waals surface area contributed by atoms with Crippen molar-refractivity contribution in [2.45, 2.75) is 19.9 Å². The maximum atomic E-state index is 12.5. The zero-order valence-electron chi connectivity index (χ0n) is 20.9. The Hall–Kier alpha value is -3.27. The summed E-state index contributed by atoms with van der Waals surface area (Å²) in [6.45, 7) is 10.4. The molecule has 0 atom stereocenters. The normalized spacial score (nSPS) is 17.3. The van der Waals surface area contributed by atoms with E-state index in [4.69, 9.17) is 9.26 Å². The van der Waals surface area contributed by atoms with E-state index in [1.165, 1.54) is 11.3 Å². The number of hydrogen-bond donors (Lipinski definition) is 1. The molecule has 2 saturated heterocycles. The van der Waals surface area contributed by atoms with Gasteiger partial charge < -0.3 is 24.4 Å². The first-order valence-electron chi connectivity index (χ1n) is 12.7. The van der Waals surface area contributed by atoms with Crippen molar-refractivity contribution in [3.8, 4) is 11.4 Å². The summed E-state index contributed by atoms with van der Waals surface area (Å²) < 4.78 is 10.9. The number of benzene rings is 2. The molecule has 0 bridgehead atoms. The minimum absolute atomic E-state index is 0.0473. The molecule has 1 amide bonds. The van der Waals surface area contributed by atoms with Crippen LogP contribution in [-0.2, 0) is 16.1 Å². The van der Waals surface area contributed by atoms with Gasteiger partial charge in [-0.1, -0.05) is 35.0 Å². The van der Waals surface area contributed by atoms with Crippen molar-refractivity contribution in [3.63, 3.8) is 0 Å². The summed E-state index contributed by atoms with van der Waals surface area (Å²) >= 11 is 0. The molecule has 9 nitrogen and oxygen atoms in total. The average molecular weight is 491 g/mol. The Kier molecular flexibility index (Phi) is 7.90. The topological polar surface area (TPSA) is 87.0 Å². The molecule has 2 aliphatic heterocycles. The van der Waals surface area contributed by atoms with Crippen LogP contribution in [0.1, 0.15) is 17.9 Å². The Balaban J connectivity index is 1.02. The molecule has 0 saturated carbocycles. The predicted molar refractivity (Wildman–Crippen MR) is 139 cm³/mol. The Morgan fingerprint density at radius 3 is 2.33 bits per heavy atom. The molecule has 2 aliphatic rings. The van der Waals surface area contributed by atoms with Crippen LogP contribution >= 0.6 is 0 Å². The molecular weight excluding hydrogens is 456 g/mol. The van der Waals surface area contributed by atoms with E-state index < -0.39 is 0 Å². The zero-order chi connectivity index (χ0) is 24.7. The Morgan fingerprint density at radius 1 is 0.917 bits per heavy atom. The molecule has 0 aliphatic carbocycles.